The topological polar surface area (TPSA) is 77.5 Å². The van der Waals surface area contributed by atoms with Crippen molar-refractivity contribution in [3.05, 3.63) is 54.7 Å². The first kappa shape index (κ1) is 21.3. The highest BCUT2D eigenvalue weighted by atomic mass is 32.2. The fourth-order valence-corrected chi connectivity index (χ4v) is 5.38. The number of hydrogen-bond acceptors (Lipinski definition) is 6. The number of anilines is 2. The van der Waals surface area contributed by atoms with E-state index in [2.05, 4.69) is 20.7 Å². The molecule has 1 aliphatic heterocycles. The molecule has 4 rings (SSSR count). The van der Waals surface area contributed by atoms with Crippen molar-refractivity contribution in [1.82, 2.24) is 9.29 Å². The summed E-state index contributed by atoms with van der Waals surface area (Å²) >= 11 is -2.68. The van der Waals surface area contributed by atoms with Gasteiger partial charge in [-0.3, -0.25) is 4.98 Å². The second kappa shape index (κ2) is 9.45. The van der Waals surface area contributed by atoms with Crippen LogP contribution < -0.4 is 9.62 Å². The molecular formula is C22H26N4O2S2. The molecule has 1 fully saturated rings. The molecule has 0 radical (unpaired) electrons. The lowest BCUT2D eigenvalue weighted by Gasteiger charge is -2.31. The van der Waals surface area contributed by atoms with Crippen LogP contribution in [-0.2, 0) is 22.7 Å². The van der Waals surface area contributed by atoms with Gasteiger partial charge in [0.25, 0.3) is 0 Å². The van der Waals surface area contributed by atoms with Crippen molar-refractivity contribution in [2.75, 3.05) is 36.8 Å². The van der Waals surface area contributed by atoms with Gasteiger partial charge < -0.3 is 14.0 Å². The molecular weight excluding hydrogens is 416 g/mol. The van der Waals surface area contributed by atoms with Crippen molar-refractivity contribution in [2.45, 2.75) is 29.1 Å². The van der Waals surface area contributed by atoms with Gasteiger partial charge in [-0.15, -0.1) is 4.31 Å². The third-order valence-electron chi connectivity index (χ3n) is 5.23. The summed E-state index contributed by atoms with van der Waals surface area (Å²) in [5.74, 6) is 0. The molecule has 3 aromatic rings. The lowest BCUT2D eigenvalue weighted by Crippen LogP contribution is -2.30. The minimum absolute atomic E-state index is 0.639. The second-order valence-electron chi connectivity index (χ2n) is 7.48. The highest BCUT2D eigenvalue weighted by Gasteiger charge is 2.22. The molecule has 0 bridgehead atoms. The van der Waals surface area contributed by atoms with E-state index in [9.17, 15) is 9.11 Å². The molecule has 1 N–H and O–H groups in total. The van der Waals surface area contributed by atoms with Crippen molar-refractivity contribution < 1.29 is 9.11 Å². The lowest BCUT2D eigenvalue weighted by molar-refractivity contribution is 0.520. The van der Waals surface area contributed by atoms with Crippen molar-refractivity contribution in [1.29, 1.82) is 0 Å². The number of fused-ring (bicyclic) bond motifs is 1. The lowest BCUT2D eigenvalue weighted by atomic mass is 10.1. The van der Waals surface area contributed by atoms with E-state index in [0.717, 1.165) is 48.2 Å². The van der Waals surface area contributed by atoms with Gasteiger partial charge >= 0.3 is 0 Å². The molecule has 1 aromatic heterocycles. The van der Waals surface area contributed by atoms with Crippen LogP contribution in [0.4, 0.5) is 11.4 Å². The van der Waals surface area contributed by atoms with Crippen molar-refractivity contribution in [3.8, 4) is 0 Å². The molecule has 0 amide bonds. The molecule has 158 valence electrons. The highest BCUT2D eigenvalue weighted by molar-refractivity contribution is 7.92. The number of hydrogen-bond donors (Lipinski definition) is 1. The predicted molar refractivity (Wildman–Crippen MR) is 124 cm³/mol. The first-order chi connectivity index (χ1) is 14.5. The van der Waals surface area contributed by atoms with E-state index >= 15 is 0 Å². The van der Waals surface area contributed by atoms with Crippen LogP contribution in [0.2, 0.25) is 0 Å². The van der Waals surface area contributed by atoms with Gasteiger partial charge in [0.2, 0.25) is 0 Å². The third kappa shape index (κ3) is 4.53. The van der Waals surface area contributed by atoms with Gasteiger partial charge in [-0.1, -0.05) is 0 Å². The van der Waals surface area contributed by atoms with Gasteiger partial charge in [0.05, 0.1) is 22.6 Å². The predicted octanol–water partition coefficient (Wildman–Crippen LogP) is 3.94. The maximum absolute atomic E-state index is 13.2. The van der Waals surface area contributed by atoms with Crippen LogP contribution in [-0.4, -0.2) is 45.6 Å². The van der Waals surface area contributed by atoms with E-state index in [1.54, 1.807) is 48.9 Å². The van der Waals surface area contributed by atoms with E-state index in [0.29, 0.717) is 9.79 Å². The van der Waals surface area contributed by atoms with Crippen LogP contribution in [0, 0.1) is 0 Å². The fraction of sp³-hybridized carbons (Fsp3) is 0.318. The maximum Gasteiger partial charge on any atom is 0.180 e. The second-order valence-corrected chi connectivity index (χ2v) is 10.4. The molecule has 0 spiro atoms. The van der Waals surface area contributed by atoms with Crippen molar-refractivity contribution in [3.63, 3.8) is 0 Å². The molecule has 30 heavy (non-hydrogen) atoms. The molecule has 2 heterocycles. The Hall–Kier alpha value is -1.97. The number of nitrogens with zero attached hydrogens (tertiary/aromatic N) is 3. The van der Waals surface area contributed by atoms with Gasteiger partial charge in [-0.05, 0) is 43.5 Å². The zero-order valence-corrected chi connectivity index (χ0v) is 18.8. The largest absolute Gasteiger partial charge is 0.593 e. The Morgan fingerprint density at radius 2 is 1.63 bits per heavy atom. The van der Waals surface area contributed by atoms with Gasteiger partial charge in [0.15, 0.2) is 9.79 Å². The zero-order valence-electron chi connectivity index (χ0n) is 17.2. The minimum atomic E-state index is -1.45. The smallest absolute Gasteiger partial charge is 0.180 e. The molecule has 2 unspecified atom stereocenters. The zero-order chi connectivity index (χ0) is 21.1. The minimum Gasteiger partial charge on any atom is -0.593 e. The average molecular weight is 443 g/mol. The van der Waals surface area contributed by atoms with E-state index in [1.807, 2.05) is 18.2 Å². The van der Waals surface area contributed by atoms with E-state index in [4.69, 9.17) is 0 Å². The Morgan fingerprint density at radius 1 is 0.933 bits per heavy atom. The molecule has 2 aromatic carbocycles. The Balaban J connectivity index is 1.65. The summed E-state index contributed by atoms with van der Waals surface area (Å²) in [6, 6.07) is 15.1. The number of pyridine rings is 1. The summed E-state index contributed by atoms with van der Waals surface area (Å²) in [5, 5.41) is 0.958. The van der Waals surface area contributed by atoms with Crippen LogP contribution in [0.25, 0.3) is 10.9 Å². The van der Waals surface area contributed by atoms with Crippen LogP contribution in [0.3, 0.4) is 0 Å². The molecule has 2 atom stereocenters. The SMILES string of the molecule is CN(C)[S+]([O-])c1ccc([S+]([O-])Nc2c(N3CCCCC3)ccc3ncccc23)cc1. The van der Waals surface area contributed by atoms with Gasteiger partial charge in [-0.25, -0.2) is 4.72 Å². The summed E-state index contributed by atoms with van der Waals surface area (Å²) < 4.78 is 30.3. The standard InChI is InChI=1S/C22H26N4O2S2/c1-25(2)30(28)18-10-8-17(9-11-18)29(27)24-22-19-7-6-14-23-20(19)12-13-21(22)26-15-4-3-5-16-26/h6-14,24H,3-5,15-16H2,1-2H3. The van der Waals surface area contributed by atoms with Crippen molar-refractivity contribution in [2.24, 2.45) is 0 Å². The molecule has 0 aliphatic carbocycles. The summed E-state index contributed by atoms with van der Waals surface area (Å²) in [4.78, 5) is 8.14. The number of benzene rings is 2. The summed E-state index contributed by atoms with van der Waals surface area (Å²) in [6.45, 7) is 2.00. The number of rotatable bonds is 6. The highest BCUT2D eigenvalue weighted by Crippen LogP contribution is 2.36. The number of aromatic nitrogens is 1. The third-order valence-corrected chi connectivity index (χ3v) is 7.65. The molecule has 0 saturated carbocycles. The summed E-state index contributed by atoms with van der Waals surface area (Å²) in [6.07, 6.45) is 5.35. The quantitative estimate of drug-likeness (QED) is 0.583. The van der Waals surface area contributed by atoms with E-state index in [1.165, 1.54) is 6.42 Å². The monoisotopic (exact) mass is 442 g/mol. The number of piperidine rings is 1. The fourth-order valence-electron chi connectivity index (χ4n) is 3.69. The van der Waals surface area contributed by atoms with E-state index < -0.39 is 22.7 Å². The first-order valence-electron chi connectivity index (χ1n) is 10.0. The van der Waals surface area contributed by atoms with Crippen LogP contribution in [0.5, 0.6) is 0 Å². The van der Waals surface area contributed by atoms with Crippen LogP contribution in [0.15, 0.2) is 64.5 Å². The Labute approximate surface area is 183 Å². The van der Waals surface area contributed by atoms with E-state index in [-0.39, 0.29) is 0 Å². The van der Waals surface area contributed by atoms with Gasteiger partial charge in [0, 0.05) is 63.0 Å². The Kier molecular flexibility index (Phi) is 6.70. The first-order valence-corrected chi connectivity index (χ1v) is 12.3. The summed E-state index contributed by atoms with van der Waals surface area (Å²) in [7, 11) is 3.53. The molecule has 1 saturated heterocycles. The van der Waals surface area contributed by atoms with Gasteiger partial charge in [0.1, 0.15) is 17.0 Å². The average Bonchev–Trinajstić information content (AvgIpc) is 2.79. The van der Waals surface area contributed by atoms with Crippen LogP contribution >= 0.6 is 0 Å². The molecule has 1 aliphatic rings. The Morgan fingerprint density at radius 3 is 2.33 bits per heavy atom. The molecule has 6 nitrogen and oxygen atoms in total. The Bertz CT molecular complexity index is 994. The maximum atomic E-state index is 13.2. The number of nitrogens with one attached hydrogen (secondary N) is 1. The summed E-state index contributed by atoms with van der Waals surface area (Å²) in [5.41, 5.74) is 2.78. The normalized spacial score (nSPS) is 16.6. The van der Waals surface area contributed by atoms with Crippen molar-refractivity contribution >= 4 is 45.0 Å². The van der Waals surface area contributed by atoms with Gasteiger partial charge in [-0.2, -0.15) is 0 Å². The molecule has 8 heteroatoms. The van der Waals surface area contributed by atoms with Crippen LogP contribution in [0.1, 0.15) is 19.3 Å².